The van der Waals surface area contributed by atoms with Crippen LogP contribution in [0, 0.1) is 0 Å². The molecule has 1 unspecified atom stereocenters. The highest BCUT2D eigenvalue weighted by atomic mass is 16.6. The minimum Gasteiger partial charge on any atom is -0.485 e. The Bertz CT molecular complexity index is 984. The monoisotopic (exact) mass is 463 g/mol. The van der Waals surface area contributed by atoms with Gasteiger partial charge >= 0.3 is 0 Å². The minimum absolute atomic E-state index is 0.0476. The minimum atomic E-state index is -0.622. The van der Waals surface area contributed by atoms with Gasteiger partial charge in [-0.25, -0.2) is 0 Å². The fourth-order valence-corrected chi connectivity index (χ4v) is 5.22. The Hall–Kier alpha value is -3.06. The highest BCUT2D eigenvalue weighted by molar-refractivity contribution is 5.95. The summed E-state index contributed by atoms with van der Waals surface area (Å²) in [6.07, 6.45) is 5.12. The second-order valence-electron chi connectivity index (χ2n) is 9.36. The highest BCUT2D eigenvalue weighted by Crippen LogP contribution is 2.31. The van der Waals surface area contributed by atoms with Crippen LogP contribution >= 0.6 is 0 Å². The van der Waals surface area contributed by atoms with Gasteiger partial charge in [0.25, 0.3) is 5.91 Å². The number of carbonyl (C=O) groups excluding carboxylic acids is 2. The molecule has 5 rings (SSSR count). The first-order valence-corrected chi connectivity index (χ1v) is 12.5. The summed E-state index contributed by atoms with van der Waals surface area (Å²) in [4.78, 5) is 32.5. The van der Waals surface area contributed by atoms with E-state index in [4.69, 9.17) is 9.47 Å². The molecule has 1 atom stereocenters. The zero-order chi connectivity index (χ0) is 23.3. The molecule has 7 heteroatoms. The van der Waals surface area contributed by atoms with Crippen molar-refractivity contribution in [2.75, 3.05) is 44.2 Å². The van der Waals surface area contributed by atoms with Gasteiger partial charge in [0.05, 0.1) is 6.54 Å². The summed E-state index contributed by atoms with van der Waals surface area (Å²) < 4.78 is 11.6. The normalized spacial score (nSPS) is 21.2. The van der Waals surface area contributed by atoms with Gasteiger partial charge < -0.3 is 19.3 Å². The van der Waals surface area contributed by atoms with E-state index in [9.17, 15) is 9.59 Å². The van der Waals surface area contributed by atoms with Crippen molar-refractivity contribution in [2.45, 2.75) is 44.2 Å². The summed E-state index contributed by atoms with van der Waals surface area (Å²) in [7, 11) is 0. The molecule has 2 aromatic carbocycles. The molecule has 2 fully saturated rings. The van der Waals surface area contributed by atoms with E-state index in [1.165, 1.54) is 19.3 Å². The predicted octanol–water partition coefficient (Wildman–Crippen LogP) is 3.34. The van der Waals surface area contributed by atoms with E-state index in [2.05, 4.69) is 4.90 Å². The van der Waals surface area contributed by atoms with Crippen LogP contribution in [0.4, 0.5) is 5.69 Å². The Balaban J connectivity index is 1.17. The number of amides is 2. The largest absolute Gasteiger partial charge is 0.485 e. The van der Waals surface area contributed by atoms with E-state index in [1.807, 2.05) is 64.4 Å². The number of nitrogens with zero attached hydrogens (tertiary/aromatic N) is 3. The number of anilines is 1. The van der Waals surface area contributed by atoms with Crippen molar-refractivity contribution in [1.82, 2.24) is 9.80 Å². The average Bonchev–Trinajstić information content (AvgIpc) is 2.90. The lowest BCUT2D eigenvalue weighted by molar-refractivity contribution is -0.143. The highest BCUT2D eigenvalue weighted by Gasteiger charge is 2.34. The summed E-state index contributed by atoms with van der Waals surface area (Å²) in [5, 5.41) is 0. The third-order valence-corrected chi connectivity index (χ3v) is 7.07. The van der Waals surface area contributed by atoms with E-state index in [-0.39, 0.29) is 24.5 Å². The molecule has 3 aliphatic rings. The van der Waals surface area contributed by atoms with Crippen LogP contribution in [0.1, 0.15) is 32.1 Å². The van der Waals surface area contributed by atoms with Crippen molar-refractivity contribution in [2.24, 2.45) is 0 Å². The van der Waals surface area contributed by atoms with Gasteiger partial charge in [-0.1, -0.05) is 49.6 Å². The molecule has 1 saturated heterocycles. The quantitative estimate of drug-likeness (QED) is 0.681. The molecule has 2 amide bonds. The lowest BCUT2D eigenvalue weighted by Gasteiger charge is -2.39. The molecule has 0 N–H and O–H groups in total. The maximum Gasteiger partial charge on any atom is 0.267 e. The second-order valence-corrected chi connectivity index (χ2v) is 9.36. The molecule has 2 aromatic rings. The van der Waals surface area contributed by atoms with Gasteiger partial charge in [-0.2, -0.15) is 0 Å². The molecule has 2 aliphatic heterocycles. The lowest BCUT2D eigenvalue weighted by Crippen LogP contribution is -2.56. The molecular formula is C27H33N3O4. The fourth-order valence-electron chi connectivity index (χ4n) is 5.22. The molecule has 0 radical (unpaired) electrons. The summed E-state index contributed by atoms with van der Waals surface area (Å²) in [6.45, 7) is 3.13. The molecule has 0 spiro atoms. The number of piperazine rings is 1. The number of carbonyl (C=O) groups is 2. The molecule has 2 heterocycles. The number of hydrogen-bond acceptors (Lipinski definition) is 5. The Morgan fingerprint density at radius 3 is 2.26 bits per heavy atom. The summed E-state index contributed by atoms with van der Waals surface area (Å²) >= 11 is 0. The standard InChI is InChI=1S/C27H33N3O4/c31-26(30(21-9-3-1-4-10-21)22-11-5-2-6-12-22)19-28-15-17-29(18-16-28)27(32)25-20-33-23-13-7-8-14-24(23)34-25/h1,3-4,7-10,13-14,22,25H,2,5-6,11-12,15-20H2. The van der Waals surface area contributed by atoms with Gasteiger partial charge in [-0.3, -0.25) is 14.5 Å². The van der Waals surface area contributed by atoms with Crippen LogP contribution in [0.15, 0.2) is 54.6 Å². The average molecular weight is 464 g/mol. The van der Waals surface area contributed by atoms with Crippen LogP contribution in [0.25, 0.3) is 0 Å². The van der Waals surface area contributed by atoms with E-state index in [0.29, 0.717) is 44.2 Å². The fraction of sp³-hybridized carbons (Fsp3) is 0.481. The van der Waals surface area contributed by atoms with Crippen molar-refractivity contribution in [3.63, 3.8) is 0 Å². The van der Waals surface area contributed by atoms with Crippen LogP contribution < -0.4 is 14.4 Å². The topological polar surface area (TPSA) is 62.3 Å². The lowest BCUT2D eigenvalue weighted by atomic mass is 9.93. The van der Waals surface area contributed by atoms with E-state index < -0.39 is 6.10 Å². The number of fused-ring (bicyclic) bond motifs is 1. The first kappa shape index (κ1) is 22.7. The van der Waals surface area contributed by atoms with Crippen LogP contribution in [-0.2, 0) is 9.59 Å². The molecule has 180 valence electrons. The van der Waals surface area contributed by atoms with Crippen molar-refractivity contribution in [3.05, 3.63) is 54.6 Å². The second kappa shape index (κ2) is 10.5. The Kier molecular flexibility index (Phi) is 7.00. The van der Waals surface area contributed by atoms with Crippen molar-refractivity contribution in [3.8, 4) is 11.5 Å². The maximum absolute atomic E-state index is 13.5. The van der Waals surface area contributed by atoms with Crippen LogP contribution in [-0.4, -0.2) is 73.1 Å². The van der Waals surface area contributed by atoms with Gasteiger partial charge in [0.15, 0.2) is 11.5 Å². The van der Waals surface area contributed by atoms with Crippen LogP contribution in [0.5, 0.6) is 11.5 Å². The summed E-state index contributed by atoms with van der Waals surface area (Å²) in [6, 6.07) is 17.8. The van der Waals surface area contributed by atoms with E-state index in [1.54, 1.807) is 0 Å². The Labute approximate surface area is 201 Å². The van der Waals surface area contributed by atoms with Crippen LogP contribution in [0.2, 0.25) is 0 Å². The third kappa shape index (κ3) is 5.04. The number of benzene rings is 2. The maximum atomic E-state index is 13.5. The molecule has 0 aromatic heterocycles. The SMILES string of the molecule is O=C(C1COc2ccccc2O1)N1CCN(CC(=O)N(c2ccccc2)C2CCCCC2)CC1. The van der Waals surface area contributed by atoms with Gasteiger partial charge in [0.2, 0.25) is 12.0 Å². The molecule has 34 heavy (non-hydrogen) atoms. The Morgan fingerprint density at radius 1 is 0.853 bits per heavy atom. The molecule has 7 nitrogen and oxygen atoms in total. The number of ether oxygens (including phenoxy) is 2. The smallest absolute Gasteiger partial charge is 0.267 e. The van der Waals surface area contributed by atoms with Crippen molar-refractivity contribution >= 4 is 17.5 Å². The van der Waals surface area contributed by atoms with Crippen molar-refractivity contribution < 1.29 is 19.1 Å². The van der Waals surface area contributed by atoms with Gasteiger partial charge in [-0.15, -0.1) is 0 Å². The predicted molar refractivity (Wildman–Crippen MR) is 130 cm³/mol. The van der Waals surface area contributed by atoms with Crippen LogP contribution in [0.3, 0.4) is 0 Å². The van der Waals surface area contributed by atoms with E-state index >= 15 is 0 Å². The number of para-hydroxylation sites is 3. The number of hydrogen-bond donors (Lipinski definition) is 0. The zero-order valence-corrected chi connectivity index (χ0v) is 19.6. The third-order valence-electron chi connectivity index (χ3n) is 7.07. The van der Waals surface area contributed by atoms with Crippen molar-refractivity contribution in [1.29, 1.82) is 0 Å². The molecule has 1 saturated carbocycles. The Morgan fingerprint density at radius 2 is 1.53 bits per heavy atom. The molecule has 0 bridgehead atoms. The van der Waals surface area contributed by atoms with Gasteiger partial charge in [-0.05, 0) is 37.1 Å². The first-order valence-electron chi connectivity index (χ1n) is 12.5. The summed E-state index contributed by atoms with van der Waals surface area (Å²) in [5.74, 6) is 1.39. The molecule has 1 aliphatic carbocycles. The van der Waals surface area contributed by atoms with E-state index in [0.717, 1.165) is 18.5 Å². The summed E-state index contributed by atoms with van der Waals surface area (Å²) in [5.41, 5.74) is 0.989. The van der Waals surface area contributed by atoms with Gasteiger partial charge in [0, 0.05) is 37.9 Å². The zero-order valence-electron chi connectivity index (χ0n) is 19.6. The molecular weight excluding hydrogens is 430 g/mol. The first-order chi connectivity index (χ1) is 16.7. The van der Waals surface area contributed by atoms with Gasteiger partial charge in [0.1, 0.15) is 6.61 Å². The number of rotatable bonds is 5.